The van der Waals surface area contributed by atoms with Gasteiger partial charge in [0.2, 0.25) is 10.7 Å². The molecular weight excluding hydrogens is 432 g/mol. The molecule has 0 aliphatic carbocycles. The van der Waals surface area contributed by atoms with E-state index in [2.05, 4.69) is 4.18 Å². The van der Waals surface area contributed by atoms with Crippen molar-refractivity contribution in [1.82, 2.24) is 0 Å². The van der Waals surface area contributed by atoms with Crippen LogP contribution in [0.5, 0.6) is 0 Å². The molecule has 0 radical (unpaired) electrons. The minimum absolute atomic E-state index is 0.388. The van der Waals surface area contributed by atoms with Crippen LogP contribution in [0.25, 0.3) is 0 Å². The van der Waals surface area contributed by atoms with Crippen LogP contribution in [0.4, 0.5) is 0 Å². The highest BCUT2D eigenvalue weighted by Gasteiger charge is 2.78. The summed E-state index contributed by atoms with van der Waals surface area (Å²) in [5.74, 6) is -5.89. The molecule has 0 saturated carbocycles. The predicted octanol–water partition coefficient (Wildman–Crippen LogP) is -5.73. The SMILES string of the molecule is O=S1(=O)O[C@@]2(OC3(CO)O[C@H](CO)[C@@H](O)[C@@H]3O)O[C@H](CO)[C@@H](O)[C@H](O)[C@]2(O)S1. The van der Waals surface area contributed by atoms with Gasteiger partial charge in [0, 0.05) is 10.8 Å². The third-order valence-corrected chi connectivity index (χ3v) is 7.64. The summed E-state index contributed by atoms with van der Waals surface area (Å²) in [5.41, 5.74) is 0. The van der Waals surface area contributed by atoms with Crippen molar-refractivity contribution in [2.45, 2.75) is 53.3 Å². The first kappa shape index (κ1) is 22.5. The van der Waals surface area contributed by atoms with Gasteiger partial charge in [-0.2, -0.15) is 12.6 Å². The van der Waals surface area contributed by atoms with E-state index in [1.54, 1.807) is 0 Å². The molecule has 164 valence electrons. The third kappa shape index (κ3) is 3.08. The van der Waals surface area contributed by atoms with Crippen LogP contribution in [-0.4, -0.2) is 122 Å². The summed E-state index contributed by atoms with van der Waals surface area (Å²) in [6.07, 6.45) is -11.4. The number of hydrogen-bond donors (Lipinski definition) is 8. The molecule has 3 saturated heterocycles. The fourth-order valence-electron chi connectivity index (χ4n) is 3.19. The molecule has 0 aromatic carbocycles. The van der Waals surface area contributed by atoms with E-state index in [0.29, 0.717) is 0 Å². The monoisotopic (exact) mass is 452 g/mol. The Kier molecular flexibility index (Phi) is 5.79. The van der Waals surface area contributed by atoms with Crippen molar-refractivity contribution < 1.29 is 67.7 Å². The van der Waals surface area contributed by atoms with Crippen molar-refractivity contribution in [2.24, 2.45) is 0 Å². The first-order valence-electron chi connectivity index (χ1n) is 7.90. The Morgan fingerprint density at radius 3 is 1.96 bits per heavy atom. The maximum atomic E-state index is 12.0. The van der Waals surface area contributed by atoms with E-state index in [-0.39, 0.29) is 10.8 Å². The topological polar surface area (TPSA) is 233 Å². The number of hydrogen-bond acceptors (Lipinski definition) is 15. The molecule has 1 unspecified atom stereocenters. The van der Waals surface area contributed by atoms with Crippen LogP contribution in [-0.2, 0) is 27.5 Å². The molecule has 3 rings (SSSR count). The van der Waals surface area contributed by atoms with Crippen LogP contribution in [0.15, 0.2) is 0 Å². The fourth-order valence-corrected chi connectivity index (χ4v) is 6.44. The molecule has 16 heteroatoms. The van der Waals surface area contributed by atoms with Gasteiger partial charge in [0.05, 0.1) is 13.2 Å². The Bertz CT molecular complexity index is 704. The average Bonchev–Trinajstić information content (AvgIpc) is 3.00. The zero-order chi connectivity index (χ0) is 21.1. The summed E-state index contributed by atoms with van der Waals surface area (Å²) in [5, 5.41) is 79.4. The van der Waals surface area contributed by atoms with Gasteiger partial charge in [-0.05, 0) is 0 Å². The first-order valence-corrected chi connectivity index (χ1v) is 10.6. The molecule has 0 amide bonds. The lowest BCUT2D eigenvalue weighted by molar-refractivity contribution is -0.494. The smallest absolute Gasteiger partial charge is 0.346 e. The van der Waals surface area contributed by atoms with Crippen molar-refractivity contribution >= 4 is 19.9 Å². The molecule has 8 N–H and O–H groups in total. The molecule has 0 spiro atoms. The molecule has 3 aliphatic heterocycles. The molecule has 3 heterocycles. The quantitative estimate of drug-likeness (QED) is 0.181. The average molecular weight is 452 g/mol. The second kappa shape index (κ2) is 7.20. The lowest BCUT2D eigenvalue weighted by Crippen LogP contribution is -2.73. The lowest BCUT2D eigenvalue weighted by Gasteiger charge is -2.50. The normalized spacial score (nSPS) is 53.3. The van der Waals surface area contributed by atoms with Crippen molar-refractivity contribution in [1.29, 1.82) is 0 Å². The molecule has 3 aliphatic rings. The minimum atomic E-state index is -4.73. The van der Waals surface area contributed by atoms with E-state index < -0.39 is 82.3 Å². The van der Waals surface area contributed by atoms with Crippen LogP contribution in [0.1, 0.15) is 0 Å². The van der Waals surface area contributed by atoms with E-state index in [9.17, 15) is 49.3 Å². The van der Waals surface area contributed by atoms with Gasteiger partial charge >= 0.3 is 15.1 Å². The van der Waals surface area contributed by atoms with Crippen LogP contribution in [0.3, 0.4) is 0 Å². The Morgan fingerprint density at radius 1 is 0.929 bits per heavy atom. The highest BCUT2D eigenvalue weighted by Crippen LogP contribution is 2.58. The maximum Gasteiger partial charge on any atom is 0.346 e. The minimum Gasteiger partial charge on any atom is -0.394 e. The zero-order valence-electron chi connectivity index (χ0n) is 13.9. The van der Waals surface area contributed by atoms with Crippen LogP contribution < -0.4 is 0 Å². The van der Waals surface area contributed by atoms with Crippen molar-refractivity contribution in [2.75, 3.05) is 19.8 Å². The molecule has 14 nitrogen and oxygen atoms in total. The van der Waals surface area contributed by atoms with Gasteiger partial charge in [-0.25, -0.2) is 0 Å². The summed E-state index contributed by atoms with van der Waals surface area (Å²) in [7, 11) is -5.12. The summed E-state index contributed by atoms with van der Waals surface area (Å²) >= 11 is 0. The van der Waals surface area contributed by atoms with Gasteiger partial charge in [0.1, 0.15) is 43.2 Å². The van der Waals surface area contributed by atoms with Crippen LogP contribution in [0, 0.1) is 0 Å². The first-order chi connectivity index (χ1) is 12.9. The lowest BCUT2D eigenvalue weighted by atomic mass is 9.96. The van der Waals surface area contributed by atoms with Crippen molar-refractivity contribution in [3.05, 3.63) is 0 Å². The molecule has 3 fully saturated rings. The number of aliphatic hydroxyl groups is 8. The van der Waals surface area contributed by atoms with Crippen molar-refractivity contribution in [3.63, 3.8) is 0 Å². The van der Waals surface area contributed by atoms with Gasteiger partial charge in [-0.3, -0.25) is 4.74 Å². The Hall–Kier alpha value is -0.180. The van der Waals surface area contributed by atoms with Gasteiger partial charge in [-0.1, -0.05) is 0 Å². The van der Waals surface area contributed by atoms with Crippen molar-refractivity contribution in [3.8, 4) is 0 Å². The largest absolute Gasteiger partial charge is 0.394 e. The second-order valence-electron chi connectivity index (χ2n) is 6.45. The Morgan fingerprint density at radius 2 is 1.46 bits per heavy atom. The predicted molar refractivity (Wildman–Crippen MR) is 84.1 cm³/mol. The van der Waals surface area contributed by atoms with Gasteiger partial charge in [-0.15, -0.1) is 0 Å². The standard InChI is InChI=1S/C12H20O14S2/c13-1-4-6(16)8(18)10(3-15,23-4)25-12-11(20,27-28(21,22)26-12)9(19)7(17)5(2-14)24-12/h4-9,13-20H,1-3H2/t4-,5-,6-,7-,8+,9+,10?,11+,12-/m1/s1. The van der Waals surface area contributed by atoms with E-state index in [4.69, 9.17) is 14.2 Å². The van der Waals surface area contributed by atoms with Gasteiger partial charge in [0.15, 0.2) is 0 Å². The van der Waals surface area contributed by atoms with E-state index in [0.717, 1.165) is 0 Å². The highest BCUT2D eigenvalue weighted by atomic mass is 33.2. The van der Waals surface area contributed by atoms with Crippen LogP contribution in [0.2, 0.25) is 0 Å². The number of fused-ring (bicyclic) bond motifs is 1. The molecule has 28 heavy (non-hydrogen) atoms. The van der Waals surface area contributed by atoms with Crippen LogP contribution >= 0.6 is 10.8 Å². The van der Waals surface area contributed by atoms with Gasteiger partial charge < -0.3 is 50.3 Å². The third-order valence-electron chi connectivity index (χ3n) is 4.68. The van der Waals surface area contributed by atoms with E-state index in [1.165, 1.54) is 0 Å². The second-order valence-corrected chi connectivity index (χ2v) is 9.95. The molecular formula is C12H20O14S2. The summed E-state index contributed by atoms with van der Waals surface area (Å²) in [4.78, 5) is -3.07. The summed E-state index contributed by atoms with van der Waals surface area (Å²) < 4.78 is 44.1. The zero-order valence-corrected chi connectivity index (χ0v) is 15.6. The van der Waals surface area contributed by atoms with E-state index in [1.807, 2.05) is 0 Å². The fraction of sp³-hybridized carbons (Fsp3) is 1.00. The summed E-state index contributed by atoms with van der Waals surface area (Å²) in [6, 6.07) is 0. The Labute approximate surface area is 161 Å². The molecule has 0 aromatic heterocycles. The number of ether oxygens (including phenoxy) is 3. The molecule has 0 aromatic rings. The Balaban J connectivity index is 2.08. The summed E-state index contributed by atoms with van der Waals surface area (Å²) in [6.45, 7) is -3.07. The highest BCUT2D eigenvalue weighted by molar-refractivity contribution is 8.71. The number of aliphatic hydroxyl groups excluding tert-OH is 7. The van der Waals surface area contributed by atoms with E-state index >= 15 is 0 Å². The van der Waals surface area contributed by atoms with Gasteiger partial charge in [0.25, 0.3) is 0 Å². The maximum absolute atomic E-state index is 12.0. The molecule has 0 bridgehead atoms. The molecule has 9 atom stereocenters. The number of rotatable bonds is 5.